The van der Waals surface area contributed by atoms with Crippen molar-refractivity contribution in [3.8, 4) is 0 Å². The molecule has 5 aliphatic rings. The molecule has 7 heteroatoms. The highest BCUT2D eigenvalue weighted by Crippen LogP contribution is 2.66. The van der Waals surface area contributed by atoms with Gasteiger partial charge in [0.25, 0.3) is 0 Å². The van der Waals surface area contributed by atoms with E-state index < -0.39 is 42.9 Å². The Labute approximate surface area is 253 Å². The van der Waals surface area contributed by atoms with Crippen LogP contribution >= 0.6 is 0 Å². The highest BCUT2D eigenvalue weighted by atomic mass is 16.7. The lowest BCUT2D eigenvalue weighted by Gasteiger charge is -2.59. The molecule has 1 aliphatic heterocycles. The van der Waals surface area contributed by atoms with Crippen LogP contribution in [0.4, 0.5) is 0 Å². The monoisotopic (exact) mass is 588 g/mol. The molecule has 1 heterocycles. The summed E-state index contributed by atoms with van der Waals surface area (Å²) < 4.78 is 18.4. The summed E-state index contributed by atoms with van der Waals surface area (Å²) in [6, 6.07) is 0. The first-order valence-electron chi connectivity index (χ1n) is 16.4. The summed E-state index contributed by atoms with van der Waals surface area (Å²) in [6.45, 7) is 13.8. The van der Waals surface area contributed by atoms with Crippen LogP contribution in [0.1, 0.15) is 86.5 Å². The SMILES string of the molecule is CO[C@@]12CC=C3C(=CC[C@@]4(C)C3CCC4[C@H](C)/C=C/[C@H](C)C(C)C)[C@@]1(C)CC[C@H](O[C@@H]1O[C@H](CO)[C@@H](O)[C@H](O)[C@H]1O)C2. The van der Waals surface area contributed by atoms with Crippen LogP contribution in [0.15, 0.2) is 35.5 Å². The van der Waals surface area contributed by atoms with Crippen molar-refractivity contribution in [1.29, 1.82) is 0 Å². The molecule has 0 aromatic rings. The minimum absolute atomic E-state index is 0.154. The highest BCUT2D eigenvalue weighted by Gasteiger charge is 2.61. The third-order valence-electron chi connectivity index (χ3n) is 12.6. The Morgan fingerprint density at radius 1 is 0.976 bits per heavy atom. The van der Waals surface area contributed by atoms with Gasteiger partial charge in [0, 0.05) is 18.9 Å². The summed E-state index contributed by atoms with van der Waals surface area (Å²) >= 11 is 0. The number of ether oxygens (including phenoxy) is 3. The van der Waals surface area contributed by atoms with E-state index >= 15 is 0 Å². The number of aliphatic hydroxyl groups excluding tert-OH is 4. The number of allylic oxidation sites excluding steroid dienone is 4. The normalized spacial score (nSPS) is 47.0. The second-order valence-electron chi connectivity index (χ2n) is 15.0. The molecule has 0 spiro atoms. The van der Waals surface area contributed by atoms with Crippen LogP contribution in [-0.2, 0) is 14.2 Å². The molecule has 238 valence electrons. The van der Waals surface area contributed by atoms with E-state index in [-0.39, 0.29) is 16.9 Å². The summed E-state index contributed by atoms with van der Waals surface area (Å²) in [7, 11) is 1.80. The molecule has 2 saturated carbocycles. The minimum atomic E-state index is -1.44. The van der Waals surface area contributed by atoms with E-state index in [0.29, 0.717) is 36.0 Å². The summed E-state index contributed by atoms with van der Waals surface area (Å²) in [6.07, 6.45) is 10.0. The number of rotatable bonds is 8. The molecular formula is C35H56O7. The summed E-state index contributed by atoms with van der Waals surface area (Å²) in [5.74, 6) is 3.05. The zero-order chi connectivity index (χ0) is 30.6. The van der Waals surface area contributed by atoms with Gasteiger partial charge in [-0.15, -0.1) is 0 Å². The van der Waals surface area contributed by atoms with Crippen LogP contribution in [0, 0.1) is 40.4 Å². The van der Waals surface area contributed by atoms with E-state index in [1.807, 2.05) is 0 Å². The second kappa shape index (κ2) is 12.0. The molecule has 0 aromatic heterocycles. The molecule has 0 amide bonds. The van der Waals surface area contributed by atoms with Crippen molar-refractivity contribution in [3.05, 3.63) is 35.5 Å². The van der Waals surface area contributed by atoms with Gasteiger partial charge in [-0.1, -0.05) is 65.8 Å². The van der Waals surface area contributed by atoms with Gasteiger partial charge in [0.1, 0.15) is 24.4 Å². The van der Waals surface area contributed by atoms with Crippen molar-refractivity contribution in [1.82, 2.24) is 0 Å². The number of hydrogen-bond acceptors (Lipinski definition) is 7. The van der Waals surface area contributed by atoms with Gasteiger partial charge in [-0.3, -0.25) is 0 Å². The van der Waals surface area contributed by atoms with Gasteiger partial charge in [0.15, 0.2) is 6.29 Å². The molecule has 7 nitrogen and oxygen atoms in total. The predicted octanol–water partition coefficient (Wildman–Crippen LogP) is 4.92. The van der Waals surface area contributed by atoms with E-state index in [9.17, 15) is 20.4 Å². The lowest BCUT2D eigenvalue weighted by molar-refractivity contribution is -0.319. The van der Waals surface area contributed by atoms with Crippen molar-refractivity contribution in [2.24, 2.45) is 40.4 Å². The molecule has 2 unspecified atom stereocenters. The average Bonchev–Trinajstić information content (AvgIpc) is 3.33. The standard InChI is InChI=1S/C35H56O7/c1-20(2)21(3)8-9-22(4)25-10-11-26-24-13-17-35(40-7)18-23(12-16-34(35,6)27(24)14-15-33(25,26)5)41-32-31(39)30(38)29(37)28(19-36)42-32/h8-9,13-14,20-23,25-26,28-32,36-39H,10-12,15-19H2,1-7H3/b9-8+/t21-,22+,23-,25?,26?,28+,29+,30-,31+,32+,33+,34+,35+/m0/s1. The molecule has 3 fully saturated rings. The van der Waals surface area contributed by atoms with Crippen LogP contribution in [0.5, 0.6) is 0 Å². The first-order chi connectivity index (χ1) is 19.8. The smallest absolute Gasteiger partial charge is 0.186 e. The van der Waals surface area contributed by atoms with Crippen LogP contribution in [0.3, 0.4) is 0 Å². The topological polar surface area (TPSA) is 109 Å². The molecule has 5 rings (SSSR count). The van der Waals surface area contributed by atoms with E-state index in [0.717, 1.165) is 25.7 Å². The lowest BCUT2D eigenvalue weighted by Crippen LogP contribution is -2.61. The van der Waals surface area contributed by atoms with E-state index in [1.165, 1.54) is 18.4 Å². The van der Waals surface area contributed by atoms with Crippen molar-refractivity contribution >= 4 is 0 Å². The molecule has 0 aromatic carbocycles. The van der Waals surface area contributed by atoms with E-state index in [4.69, 9.17) is 14.2 Å². The largest absolute Gasteiger partial charge is 0.394 e. The van der Waals surface area contributed by atoms with Crippen LogP contribution < -0.4 is 0 Å². The quantitative estimate of drug-likeness (QED) is 0.298. The fourth-order valence-corrected chi connectivity index (χ4v) is 9.28. The van der Waals surface area contributed by atoms with E-state index in [1.54, 1.807) is 12.7 Å². The van der Waals surface area contributed by atoms with Crippen molar-refractivity contribution < 1.29 is 34.6 Å². The third kappa shape index (κ3) is 5.19. The minimum Gasteiger partial charge on any atom is -0.394 e. The first-order valence-corrected chi connectivity index (χ1v) is 16.4. The molecule has 4 N–H and O–H groups in total. The van der Waals surface area contributed by atoms with E-state index in [2.05, 4.69) is 65.8 Å². The van der Waals surface area contributed by atoms with Crippen LogP contribution in [-0.4, -0.2) is 76.6 Å². The molecular weight excluding hydrogens is 532 g/mol. The van der Waals surface area contributed by atoms with Gasteiger partial charge in [-0.2, -0.15) is 0 Å². The number of methoxy groups -OCH3 is 1. The van der Waals surface area contributed by atoms with Crippen LogP contribution in [0.2, 0.25) is 0 Å². The molecule has 42 heavy (non-hydrogen) atoms. The maximum atomic E-state index is 10.6. The number of hydrogen-bond donors (Lipinski definition) is 4. The maximum Gasteiger partial charge on any atom is 0.186 e. The Morgan fingerprint density at radius 2 is 1.71 bits per heavy atom. The maximum absolute atomic E-state index is 10.6. The Morgan fingerprint density at radius 3 is 2.38 bits per heavy atom. The first kappa shape index (κ1) is 32.3. The van der Waals surface area contributed by atoms with Gasteiger partial charge < -0.3 is 34.6 Å². The van der Waals surface area contributed by atoms with Crippen molar-refractivity contribution in [2.45, 2.75) is 129 Å². The molecule has 0 radical (unpaired) electrons. The molecule has 4 aliphatic carbocycles. The number of fused-ring (bicyclic) bond motifs is 5. The Hall–Kier alpha value is -1.06. The Balaban J connectivity index is 1.34. The van der Waals surface area contributed by atoms with Gasteiger partial charge >= 0.3 is 0 Å². The molecule has 13 atom stereocenters. The lowest BCUT2D eigenvalue weighted by atomic mass is 9.50. The van der Waals surface area contributed by atoms with Crippen LogP contribution in [0.25, 0.3) is 0 Å². The molecule has 0 bridgehead atoms. The fourth-order valence-electron chi connectivity index (χ4n) is 9.28. The third-order valence-corrected chi connectivity index (χ3v) is 12.6. The Bertz CT molecular complexity index is 1070. The second-order valence-corrected chi connectivity index (χ2v) is 15.0. The van der Waals surface area contributed by atoms with Crippen molar-refractivity contribution in [3.63, 3.8) is 0 Å². The zero-order valence-corrected chi connectivity index (χ0v) is 26.8. The van der Waals surface area contributed by atoms with Crippen molar-refractivity contribution in [2.75, 3.05) is 13.7 Å². The van der Waals surface area contributed by atoms with Gasteiger partial charge in [0.05, 0.1) is 18.3 Å². The summed E-state index contributed by atoms with van der Waals surface area (Å²) in [5.41, 5.74) is 2.66. The fraction of sp³-hybridized carbons (Fsp3) is 0.829. The summed E-state index contributed by atoms with van der Waals surface area (Å²) in [5, 5.41) is 40.6. The Kier molecular flexibility index (Phi) is 9.27. The van der Waals surface area contributed by atoms with Gasteiger partial charge in [0.2, 0.25) is 0 Å². The average molecular weight is 589 g/mol. The predicted molar refractivity (Wildman–Crippen MR) is 162 cm³/mol. The van der Waals surface area contributed by atoms with Gasteiger partial charge in [-0.05, 0) is 84.7 Å². The highest BCUT2D eigenvalue weighted by molar-refractivity contribution is 5.48. The molecule has 1 saturated heterocycles. The summed E-state index contributed by atoms with van der Waals surface area (Å²) in [4.78, 5) is 0. The van der Waals surface area contributed by atoms with Gasteiger partial charge in [-0.25, -0.2) is 0 Å². The number of aliphatic hydroxyl groups is 4. The zero-order valence-electron chi connectivity index (χ0n) is 26.8.